The Kier molecular flexibility index (Phi) is 5.30. The smallest absolute Gasteiger partial charge is 0.222 e. The maximum Gasteiger partial charge on any atom is 0.222 e. The molecule has 1 N–H and O–H groups in total. The number of rotatable bonds is 7. The third-order valence-corrected chi connectivity index (χ3v) is 4.33. The van der Waals surface area contributed by atoms with Crippen LogP contribution in [-0.4, -0.2) is 48.1 Å². The van der Waals surface area contributed by atoms with E-state index < -0.39 is 10.0 Å². The number of nitrogens with one attached hydrogen (secondary N) is 1. The van der Waals surface area contributed by atoms with Gasteiger partial charge in [-0.2, -0.15) is 0 Å². The Morgan fingerprint density at radius 3 is 2.35 bits per heavy atom. The van der Waals surface area contributed by atoms with Crippen molar-refractivity contribution in [2.45, 2.75) is 13.8 Å². The quantitative estimate of drug-likeness (QED) is 0.773. The standard InChI is InChI=1S/C10H18N4O2S/c1-3-14(4-2)17(15,16)9-8-13-10-11-6-5-7-12-10/h5-7H,3-4,8-9H2,1-2H3,(H,11,12,13). The predicted octanol–water partition coefficient (Wildman–Crippen LogP) is 0.560. The minimum Gasteiger partial charge on any atom is -0.353 e. The van der Waals surface area contributed by atoms with Crippen LogP contribution in [0.2, 0.25) is 0 Å². The van der Waals surface area contributed by atoms with Gasteiger partial charge in [0.25, 0.3) is 0 Å². The summed E-state index contributed by atoms with van der Waals surface area (Å²) in [6.07, 6.45) is 3.21. The first-order valence-electron chi connectivity index (χ1n) is 5.59. The van der Waals surface area contributed by atoms with Gasteiger partial charge in [-0.1, -0.05) is 13.8 Å². The van der Waals surface area contributed by atoms with E-state index in [2.05, 4.69) is 15.3 Å². The lowest BCUT2D eigenvalue weighted by atomic mass is 10.6. The van der Waals surface area contributed by atoms with Crippen molar-refractivity contribution in [1.82, 2.24) is 14.3 Å². The van der Waals surface area contributed by atoms with E-state index in [1.165, 1.54) is 4.31 Å². The van der Waals surface area contributed by atoms with Crippen LogP contribution in [0.1, 0.15) is 13.8 Å². The number of nitrogens with zero attached hydrogens (tertiary/aromatic N) is 3. The van der Waals surface area contributed by atoms with Crippen molar-refractivity contribution >= 4 is 16.0 Å². The molecule has 17 heavy (non-hydrogen) atoms. The number of aromatic nitrogens is 2. The number of hydrogen-bond donors (Lipinski definition) is 1. The van der Waals surface area contributed by atoms with Crippen molar-refractivity contribution in [2.75, 3.05) is 30.7 Å². The van der Waals surface area contributed by atoms with Gasteiger partial charge in [-0.15, -0.1) is 0 Å². The minimum atomic E-state index is -3.18. The van der Waals surface area contributed by atoms with Crippen molar-refractivity contribution in [3.05, 3.63) is 18.5 Å². The van der Waals surface area contributed by atoms with Crippen LogP contribution in [0.15, 0.2) is 18.5 Å². The summed E-state index contributed by atoms with van der Waals surface area (Å²) in [5.41, 5.74) is 0. The average Bonchev–Trinajstić information content (AvgIpc) is 2.31. The Bertz CT molecular complexity index is 417. The van der Waals surface area contributed by atoms with Gasteiger partial charge < -0.3 is 5.32 Å². The Morgan fingerprint density at radius 1 is 1.24 bits per heavy atom. The molecule has 1 aromatic rings. The second kappa shape index (κ2) is 6.51. The van der Waals surface area contributed by atoms with E-state index in [-0.39, 0.29) is 5.75 Å². The van der Waals surface area contributed by atoms with Gasteiger partial charge in [0.05, 0.1) is 5.75 Å². The highest BCUT2D eigenvalue weighted by Gasteiger charge is 2.17. The largest absolute Gasteiger partial charge is 0.353 e. The molecule has 0 bridgehead atoms. The molecule has 0 aromatic carbocycles. The molecule has 0 spiro atoms. The fourth-order valence-corrected chi connectivity index (χ4v) is 2.83. The van der Waals surface area contributed by atoms with Crippen molar-refractivity contribution in [2.24, 2.45) is 0 Å². The van der Waals surface area contributed by atoms with Gasteiger partial charge in [0.1, 0.15) is 0 Å². The van der Waals surface area contributed by atoms with Gasteiger partial charge in [0.2, 0.25) is 16.0 Å². The topological polar surface area (TPSA) is 75.2 Å². The second-order valence-electron chi connectivity index (χ2n) is 3.40. The zero-order valence-electron chi connectivity index (χ0n) is 10.1. The first-order chi connectivity index (χ1) is 8.10. The van der Waals surface area contributed by atoms with Crippen LogP contribution in [0.3, 0.4) is 0 Å². The van der Waals surface area contributed by atoms with E-state index in [9.17, 15) is 8.42 Å². The number of hydrogen-bond acceptors (Lipinski definition) is 5. The summed E-state index contributed by atoms with van der Waals surface area (Å²) in [4.78, 5) is 7.91. The monoisotopic (exact) mass is 258 g/mol. The van der Waals surface area contributed by atoms with E-state index in [1.54, 1.807) is 18.5 Å². The fourth-order valence-electron chi connectivity index (χ4n) is 1.43. The van der Waals surface area contributed by atoms with Gasteiger partial charge >= 0.3 is 0 Å². The van der Waals surface area contributed by atoms with Crippen molar-refractivity contribution in [3.8, 4) is 0 Å². The van der Waals surface area contributed by atoms with E-state index in [0.717, 1.165) is 0 Å². The fraction of sp³-hybridized carbons (Fsp3) is 0.600. The van der Waals surface area contributed by atoms with Crippen molar-refractivity contribution in [3.63, 3.8) is 0 Å². The van der Waals surface area contributed by atoms with Crippen LogP contribution < -0.4 is 5.32 Å². The molecule has 0 amide bonds. The normalized spacial score (nSPS) is 11.7. The second-order valence-corrected chi connectivity index (χ2v) is 5.49. The van der Waals surface area contributed by atoms with E-state index in [1.807, 2.05) is 13.8 Å². The number of sulfonamides is 1. The molecule has 0 radical (unpaired) electrons. The van der Waals surface area contributed by atoms with Gasteiger partial charge in [-0.05, 0) is 6.07 Å². The molecule has 1 heterocycles. The van der Waals surface area contributed by atoms with E-state index >= 15 is 0 Å². The maximum absolute atomic E-state index is 11.8. The summed E-state index contributed by atoms with van der Waals surface area (Å²) in [5, 5.41) is 2.88. The first-order valence-corrected chi connectivity index (χ1v) is 7.19. The van der Waals surface area contributed by atoms with Gasteiger partial charge in [-0.3, -0.25) is 0 Å². The third-order valence-electron chi connectivity index (χ3n) is 2.31. The SMILES string of the molecule is CCN(CC)S(=O)(=O)CCNc1ncccn1. The molecule has 6 nitrogen and oxygen atoms in total. The van der Waals surface area contributed by atoms with Crippen LogP contribution in [0.25, 0.3) is 0 Å². The Balaban J connectivity index is 2.46. The molecule has 0 saturated heterocycles. The predicted molar refractivity (Wildman–Crippen MR) is 67.2 cm³/mol. The summed E-state index contributed by atoms with van der Waals surface area (Å²) in [5.74, 6) is 0.495. The lowest BCUT2D eigenvalue weighted by Crippen LogP contribution is -2.34. The average molecular weight is 258 g/mol. The molecule has 0 atom stereocenters. The molecule has 7 heteroatoms. The van der Waals surface area contributed by atoms with Crippen LogP contribution in [0.4, 0.5) is 5.95 Å². The molecule has 96 valence electrons. The lowest BCUT2D eigenvalue weighted by molar-refractivity contribution is 0.446. The number of anilines is 1. The Hall–Kier alpha value is -1.21. The van der Waals surface area contributed by atoms with Gasteiger partial charge in [0.15, 0.2) is 0 Å². The molecule has 0 saturated carbocycles. The van der Waals surface area contributed by atoms with E-state index in [4.69, 9.17) is 0 Å². The highest BCUT2D eigenvalue weighted by atomic mass is 32.2. The summed E-state index contributed by atoms with van der Waals surface area (Å²) < 4.78 is 25.1. The summed E-state index contributed by atoms with van der Waals surface area (Å²) in [7, 11) is -3.18. The first kappa shape index (κ1) is 13.9. The molecule has 0 aliphatic carbocycles. The summed E-state index contributed by atoms with van der Waals surface area (Å²) >= 11 is 0. The van der Waals surface area contributed by atoms with Crippen molar-refractivity contribution in [1.29, 1.82) is 0 Å². The van der Waals surface area contributed by atoms with Crippen LogP contribution >= 0.6 is 0 Å². The van der Waals surface area contributed by atoms with Crippen LogP contribution in [-0.2, 0) is 10.0 Å². The zero-order chi connectivity index (χ0) is 12.7. The van der Waals surface area contributed by atoms with Crippen molar-refractivity contribution < 1.29 is 8.42 Å². The molecule has 0 aliphatic rings. The molecule has 0 aliphatic heterocycles. The Morgan fingerprint density at radius 2 is 1.82 bits per heavy atom. The molecule has 1 rings (SSSR count). The summed E-state index contributed by atoms with van der Waals surface area (Å²) in [6.45, 7) is 4.97. The third kappa shape index (κ3) is 4.27. The van der Waals surface area contributed by atoms with Gasteiger partial charge in [-0.25, -0.2) is 22.7 Å². The Labute approximate surface area is 102 Å². The molecular formula is C10H18N4O2S. The maximum atomic E-state index is 11.8. The molecule has 0 fully saturated rings. The highest BCUT2D eigenvalue weighted by molar-refractivity contribution is 7.89. The van der Waals surface area contributed by atoms with E-state index in [0.29, 0.717) is 25.6 Å². The molecular weight excluding hydrogens is 240 g/mol. The zero-order valence-corrected chi connectivity index (χ0v) is 10.9. The summed E-state index contributed by atoms with van der Waals surface area (Å²) in [6, 6.07) is 1.71. The minimum absolute atomic E-state index is 0.0485. The van der Waals surface area contributed by atoms with Crippen LogP contribution in [0, 0.1) is 0 Å². The lowest BCUT2D eigenvalue weighted by Gasteiger charge is -2.18. The highest BCUT2D eigenvalue weighted by Crippen LogP contribution is 2.01. The van der Waals surface area contributed by atoms with Crippen LogP contribution in [0.5, 0.6) is 0 Å². The van der Waals surface area contributed by atoms with Gasteiger partial charge in [0, 0.05) is 32.0 Å². The molecule has 1 aromatic heterocycles. The molecule has 0 unspecified atom stereocenters.